The lowest BCUT2D eigenvalue weighted by Crippen LogP contribution is -2.39. The van der Waals surface area contributed by atoms with Gasteiger partial charge in [0.15, 0.2) is 11.6 Å². The second kappa shape index (κ2) is 9.14. The lowest BCUT2D eigenvalue weighted by molar-refractivity contribution is 0.0682. The van der Waals surface area contributed by atoms with Crippen LogP contribution < -0.4 is 15.1 Å². The van der Waals surface area contributed by atoms with Gasteiger partial charge in [-0.05, 0) is 30.9 Å². The van der Waals surface area contributed by atoms with E-state index in [-0.39, 0.29) is 17.7 Å². The Hall–Kier alpha value is -3.16. The standard InChI is InChI=1S/C24H31N5O3/c1-16(2)23(30)29-9-7-19(13-21(29)25-4)28-10-11-32-20-12-18(14-26-22(20)28)24(31)27-8-5-6-17(3)15-27/h7,9,12-14,16-17H,5-6,8,10-11,15H2,1-4H3. The van der Waals surface area contributed by atoms with E-state index < -0.39 is 0 Å². The number of carbonyl (C=O) groups is 2. The number of carbonyl (C=O) groups excluding carboxylic acids is 2. The fourth-order valence-electron chi connectivity index (χ4n) is 4.31. The second-order valence-electron chi connectivity index (χ2n) is 8.87. The van der Waals surface area contributed by atoms with Crippen LogP contribution in [0.3, 0.4) is 0 Å². The number of hydrogen-bond donors (Lipinski definition) is 0. The zero-order chi connectivity index (χ0) is 22.8. The number of rotatable bonds is 3. The Labute approximate surface area is 188 Å². The molecule has 0 aromatic carbocycles. The topological polar surface area (TPSA) is 80.0 Å². The number of ether oxygens (including phenoxy) is 1. The monoisotopic (exact) mass is 437 g/mol. The van der Waals surface area contributed by atoms with E-state index in [0.717, 1.165) is 31.6 Å². The number of amides is 1. The van der Waals surface area contributed by atoms with Gasteiger partial charge in [-0.1, -0.05) is 20.8 Å². The van der Waals surface area contributed by atoms with Gasteiger partial charge in [0.05, 0.1) is 12.1 Å². The van der Waals surface area contributed by atoms with Gasteiger partial charge in [-0.2, -0.15) is 0 Å². The van der Waals surface area contributed by atoms with Gasteiger partial charge < -0.3 is 14.5 Å². The first-order valence-electron chi connectivity index (χ1n) is 11.3. The Balaban J connectivity index is 1.63. The van der Waals surface area contributed by atoms with Gasteiger partial charge in [-0.15, -0.1) is 0 Å². The summed E-state index contributed by atoms with van der Waals surface area (Å²) in [5.41, 5.74) is 2.01. The van der Waals surface area contributed by atoms with E-state index in [9.17, 15) is 9.59 Å². The van der Waals surface area contributed by atoms with Gasteiger partial charge in [0.25, 0.3) is 5.91 Å². The molecule has 0 bridgehead atoms. The summed E-state index contributed by atoms with van der Waals surface area (Å²) < 4.78 is 7.44. The Morgan fingerprint density at radius 3 is 2.78 bits per heavy atom. The molecule has 2 aliphatic heterocycles. The first kappa shape index (κ1) is 22.0. The molecule has 0 aliphatic carbocycles. The molecule has 1 atom stereocenters. The molecular formula is C24H31N5O3. The Morgan fingerprint density at radius 2 is 2.06 bits per heavy atom. The average Bonchev–Trinajstić information content (AvgIpc) is 2.81. The fourth-order valence-corrected chi connectivity index (χ4v) is 4.31. The summed E-state index contributed by atoms with van der Waals surface area (Å²) >= 11 is 0. The quantitative estimate of drug-likeness (QED) is 0.737. The molecule has 0 saturated carbocycles. The highest BCUT2D eigenvalue weighted by molar-refractivity contribution is 5.95. The predicted octanol–water partition coefficient (Wildman–Crippen LogP) is 3.11. The van der Waals surface area contributed by atoms with E-state index in [2.05, 4.69) is 16.9 Å². The van der Waals surface area contributed by atoms with Gasteiger partial charge in [0, 0.05) is 50.2 Å². The number of aromatic nitrogens is 2. The minimum absolute atomic E-state index is 0.00663. The van der Waals surface area contributed by atoms with Gasteiger partial charge >= 0.3 is 0 Å². The van der Waals surface area contributed by atoms with E-state index in [1.807, 2.05) is 35.8 Å². The molecule has 4 rings (SSSR count). The van der Waals surface area contributed by atoms with Crippen molar-refractivity contribution in [1.29, 1.82) is 0 Å². The van der Waals surface area contributed by atoms with Crippen LogP contribution in [0.2, 0.25) is 0 Å². The summed E-state index contributed by atoms with van der Waals surface area (Å²) in [7, 11) is 1.67. The van der Waals surface area contributed by atoms with Crippen molar-refractivity contribution in [3.05, 3.63) is 41.6 Å². The highest BCUT2D eigenvalue weighted by Crippen LogP contribution is 2.35. The molecule has 1 unspecified atom stereocenters. The third-order valence-corrected chi connectivity index (χ3v) is 6.04. The van der Waals surface area contributed by atoms with Crippen LogP contribution in [-0.2, 0) is 0 Å². The maximum atomic E-state index is 13.0. The highest BCUT2D eigenvalue weighted by atomic mass is 16.5. The largest absolute Gasteiger partial charge is 0.488 e. The lowest BCUT2D eigenvalue weighted by Gasteiger charge is -2.32. The molecule has 2 aliphatic rings. The maximum Gasteiger partial charge on any atom is 0.255 e. The molecule has 1 fully saturated rings. The van der Waals surface area contributed by atoms with Crippen LogP contribution in [0.1, 0.15) is 48.8 Å². The van der Waals surface area contributed by atoms with Crippen LogP contribution in [0, 0.1) is 11.8 Å². The van der Waals surface area contributed by atoms with Crippen LogP contribution in [0.4, 0.5) is 11.5 Å². The molecule has 8 nitrogen and oxygen atoms in total. The van der Waals surface area contributed by atoms with Crippen molar-refractivity contribution < 1.29 is 14.3 Å². The summed E-state index contributed by atoms with van der Waals surface area (Å²) in [4.78, 5) is 38.3. The Kier molecular flexibility index (Phi) is 6.30. The van der Waals surface area contributed by atoms with Crippen LogP contribution in [0.25, 0.3) is 0 Å². The summed E-state index contributed by atoms with van der Waals surface area (Å²) in [6, 6.07) is 5.57. The van der Waals surface area contributed by atoms with Crippen LogP contribution in [-0.4, -0.2) is 59.6 Å². The van der Waals surface area contributed by atoms with Gasteiger partial charge in [0.2, 0.25) is 5.91 Å². The highest BCUT2D eigenvalue weighted by Gasteiger charge is 2.26. The SMILES string of the molecule is CN=c1cc(N2CCOc3cc(C(=O)N4CCCC(C)C4)cnc32)ccn1C(=O)C(C)C. The zero-order valence-corrected chi connectivity index (χ0v) is 19.2. The third kappa shape index (κ3) is 4.26. The van der Waals surface area contributed by atoms with Crippen LogP contribution >= 0.6 is 0 Å². The molecule has 1 amide bonds. The van der Waals surface area contributed by atoms with Crippen LogP contribution in [0.15, 0.2) is 35.6 Å². The van der Waals surface area contributed by atoms with Crippen molar-refractivity contribution in [3.63, 3.8) is 0 Å². The maximum absolute atomic E-state index is 13.0. The second-order valence-corrected chi connectivity index (χ2v) is 8.87. The first-order chi connectivity index (χ1) is 15.4. The molecule has 32 heavy (non-hydrogen) atoms. The van der Waals surface area contributed by atoms with Crippen molar-refractivity contribution in [1.82, 2.24) is 14.5 Å². The number of piperidine rings is 1. The number of fused-ring (bicyclic) bond motifs is 1. The van der Waals surface area contributed by atoms with E-state index in [1.165, 1.54) is 0 Å². The number of anilines is 2. The van der Waals surface area contributed by atoms with Gasteiger partial charge in [-0.25, -0.2) is 4.98 Å². The van der Waals surface area contributed by atoms with Gasteiger partial charge in [0.1, 0.15) is 12.1 Å². The van der Waals surface area contributed by atoms with Gasteiger partial charge in [-0.3, -0.25) is 19.1 Å². The Bertz CT molecular complexity index is 1090. The summed E-state index contributed by atoms with van der Waals surface area (Å²) in [6.07, 6.45) is 5.59. The van der Waals surface area contributed by atoms with Crippen molar-refractivity contribution in [2.24, 2.45) is 16.8 Å². The number of pyridine rings is 2. The number of likely N-dealkylation sites (tertiary alicyclic amines) is 1. The van der Waals surface area contributed by atoms with Crippen molar-refractivity contribution in [2.75, 3.05) is 38.2 Å². The fraction of sp³-hybridized carbons (Fsp3) is 0.500. The molecule has 0 N–H and O–H groups in total. The molecule has 8 heteroatoms. The number of hydrogen-bond acceptors (Lipinski definition) is 6. The zero-order valence-electron chi connectivity index (χ0n) is 19.2. The predicted molar refractivity (Wildman–Crippen MR) is 122 cm³/mol. The van der Waals surface area contributed by atoms with Crippen LogP contribution in [0.5, 0.6) is 5.75 Å². The molecule has 170 valence electrons. The minimum Gasteiger partial charge on any atom is -0.488 e. The third-order valence-electron chi connectivity index (χ3n) is 6.04. The molecule has 2 aromatic heterocycles. The summed E-state index contributed by atoms with van der Waals surface area (Å²) in [5, 5.41) is 0. The molecule has 2 aromatic rings. The van der Waals surface area contributed by atoms with Crippen molar-refractivity contribution in [3.8, 4) is 5.75 Å². The first-order valence-corrected chi connectivity index (χ1v) is 11.3. The molecule has 1 saturated heterocycles. The average molecular weight is 438 g/mol. The molecular weight excluding hydrogens is 406 g/mol. The van der Waals surface area contributed by atoms with Crippen molar-refractivity contribution >= 4 is 23.3 Å². The smallest absolute Gasteiger partial charge is 0.255 e. The van der Waals surface area contributed by atoms with E-state index in [4.69, 9.17) is 4.74 Å². The lowest BCUT2D eigenvalue weighted by atomic mass is 10.00. The van der Waals surface area contributed by atoms with E-state index >= 15 is 0 Å². The molecule has 4 heterocycles. The summed E-state index contributed by atoms with van der Waals surface area (Å²) in [6.45, 7) is 8.58. The van der Waals surface area contributed by atoms with Crippen molar-refractivity contribution in [2.45, 2.75) is 33.6 Å². The summed E-state index contributed by atoms with van der Waals surface area (Å²) in [5.74, 6) is 1.65. The van der Waals surface area contributed by atoms with E-state index in [0.29, 0.717) is 41.7 Å². The molecule has 0 radical (unpaired) electrons. The Morgan fingerprint density at radius 1 is 1.25 bits per heavy atom. The molecule has 0 spiro atoms. The minimum atomic E-state index is -0.129. The number of nitrogens with zero attached hydrogens (tertiary/aromatic N) is 5. The normalized spacial score (nSPS) is 19.0. The van der Waals surface area contributed by atoms with E-state index in [1.54, 1.807) is 30.1 Å².